The summed E-state index contributed by atoms with van der Waals surface area (Å²) in [4.78, 5) is 0.778. The normalized spacial score (nSPS) is 6.11. The Hall–Kier alpha value is 0.307. The second kappa shape index (κ2) is 6.43. The van der Waals surface area contributed by atoms with E-state index >= 15 is 0 Å². The SMILES string of the molecule is N#Cc1cccs1.[Cu].[LiH]. The van der Waals surface area contributed by atoms with Crippen LogP contribution in [0, 0.1) is 11.3 Å². The van der Waals surface area contributed by atoms with E-state index in [0.29, 0.717) is 0 Å². The first-order valence-electron chi connectivity index (χ1n) is 1.87. The van der Waals surface area contributed by atoms with Crippen molar-refractivity contribution in [3.63, 3.8) is 0 Å². The second-order valence-electron chi connectivity index (χ2n) is 1.09. The Bertz CT molecular complexity index is 179. The number of hydrogen-bond acceptors (Lipinski definition) is 2. The summed E-state index contributed by atoms with van der Waals surface area (Å²) in [7, 11) is 0. The molecule has 0 atom stereocenters. The Kier molecular flexibility index (Phi) is 8.59. The summed E-state index contributed by atoms with van der Waals surface area (Å²) in [5.74, 6) is 0. The van der Waals surface area contributed by atoms with Crippen LogP contribution in [-0.2, 0) is 17.1 Å². The molecule has 1 heterocycles. The maximum atomic E-state index is 8.19. The predicted molar refractivity (Wildman–Crippen MR) is 36.2 cm³/mol. The average molecular weight is 181 g/mol. The molecule has 0 aromatic carbocycles. The quantitative estimate of drug-likeness (QED) is 0.546. The third-order valence-electron chi connectivity index (χ3n) is 0.631. The zero-order valence-corrected chi connectivity index (χ0v) is 5.65. The van der Waals surface area contributed by atoms with Gasteiger partial charge in [0.05, 0.1) is 0 Å². The molecule has 0 unspecified atom stereocenters. The summed E-state index contributed by atoms with van der Waals surface area (Å²) in [6.45, 7) is 0. The van der Waals surface area contributed by atoms with E-state index in [1.165, 1.54) is 11.3 Å². The van der Waals surface area contributed by atoms with Gasteiger partial charge < -0.3 is 0 Å². The fraction of sp³-hybridized carbons (Fsp3) is 0. The summed E-state index contributed by atoms with van der Waals surface area (Å²) < 4.78 is 0. The Morgan fingerprint density at radius 2 is 2.22 bits per heavy atom. The molecule has 1 rings (SSSR count). The summed E-state index contributed by atoms with van der Waals surface area (Å²) in [5.41, 5.74) is 0. The van der Waals surface area contributed by atoms with Crippen molar-refractivity contribution in [1.29, 1.82) is 5.26 Å². The van der Waals surface area contributed by atoms with Gasteiger partial charge in [0.25, 0.3) is 0 Å². The molecule has 1 nitrogen and oxygen atoms in total. The standard InChI is InChI=1S/C5H3NS.Cu.Li.H/c6-4-5-2-1-3-7-5;;;/h1-3H;;;. The van der Waals surface area contributed by atoms with Crippen molar-refractivity contribution in [3.05, 3.63) is 22.4 Å². The second-order valence-corrected chi connectivity index (χ2v) is 2.04. The molecule has 9 heavy (non-hydrogen) atoms. The van der Waals surface area contributed by atoms with Gasteiger partial charge in [0.1, 0.15) is 10.9 Å². The van der Waals surface area contributed by atoms with E-state index in [-0.39, 0.29) is 35.9 Å². The van der Waals surface area contributed by atoms with E-state index in [2.05, 4.69) is 0 Å². The minimum atomic E-state index is 0. The van der Waals surface area contributed by atoms with Crippen LogP contribution >= 0.6 is 11.3 Å². The number of nitrogens with zero attached hydrogens (tertiary/aromatic N) is 1. The van der Waals surface area contributed by atoms with E-state index < -0.39 is 0 Å². The Morgan fingerprint density at radius 3 is 2.44 bits per heavy atom. The topological polar surface area (TPSA) is 23.8 Å². The molecule has 1 aromatic heterocycles. The van der Waals surface area contributed by atoms with Crippen LogP contribution in [0.1, 0.15) is 4.88 Å². The van der Waals surface area contributed by atoms with Crippen molar-refractivity contribution in [2.45, 2.75) is 0 Å². The van der Waals surface area contributed by atoms with Gasteiger partial charge in [0.15, 0.2) is 0 Å². The molecule has 0 aliphatic rings. The molecule has 47 valence electrons. The van der Waals surface area contributed by atoms with Gasteiger partial charge in [-0.3, -0.25) is 0 Å². The summed E-state index contributed by atoms with van der Waals surface area (Å²) >= 11 is 1.46. The molecule has 0 spiro atoms. The molecule has 1 aromatic rings. The van der Waals surface area contributed by atoms with Crippen LogP contribution in [0.5, 0.6) is 0 Å². The fourth-order valence-electron chi connectivity index (χ4n) is 0.342. The van der Waals surface area contributed by atoms with Crippen LogP contribution in [0.4, 0.5) is 0 Å². The van der Waals surface area contributed by atoms with Gasteiger partial charge in [0.2, 0.25) is 0 Å². The summed E-state index contributed by atoms with van der Waals surface area (Å²) in [6.07, 6.45) is 0. The van der Waals surface area contributed by atoms with Crippen molar-refractivity contribution in [3.8, 4) is 6.07 Å². The molecule has 0 aliphatic heterocycles. The average Bonchev–Trinajstić information content (AvgIpc) is 2.14. The summed E-state index contributed by atoms with van der Waals surface area (Å²) in [5, 5.41) is 10.1. The monoisotopic (exact) mass is 180 g/mol. The van der Waals surface area contributed by atoms with Crippen LogP contribution in [0.3, 0.4) is 0 Å². The van der Waals surface area contributed by atoms with Crippen molar-refractivity contribution in [2.75, 3.05) is 0 Å². The molecular weight excluding hydrogens is 177 g/mol. The van der Waals surface area contributed by atoms with Crippen LogP contribution in [0.15, 0.2) is 17.5 Å². The molecule has 0 bridgehead atoms. The molecule has 4 heteroatoms. The van der Waals surface area contributed by atoms with Gasteiger partial charge in [-0.15, -0.1) is 11.3 Å². The number of rotatable bonds is 0. The van der Waals surface area contributed by atoms with Gasteiger partial charge in [-0.2, -0.15) is 5.26 Å². The maximum absolute atomic E-state index is 8.19. The first-order chi connectivity index (χ1) is 3.43. The van der Waals surface area contributed by atoms with Crippen LogP contribution in [-0.4, -0.2) is 18.9 Å². The van der Waals surface area contributed by atoms with Crippen molar-refractivity contribution in [2.24, 2.45) is 0 Å². The van der Waals surface area contributed by atoms with Crippen LogP contribution in [0.25, 0.3) is 0 Å². The van der Waals surface area contributed by atoms with Crippen LogP contribution in [0.2, 0.25) is 0 Å². The molecule has 0 fully saturated rings. The van der Waals surface area contributed by atoms with Gasteiger partial charge in [0, 0.05) is 17.1 Å². The van der Waals surface area contributed by atoms with E-state index in [4.69, 9.17) is 5.26 Å². The van der Waals surface area contributed by atoms with Crippen molar-refractivity contribution >= 4 is 30.2 Å². The van der Waals surface area contributed by atoms with Gasteiger partial charge in [-0.05, 0) is 11.4 Å². The Morgan fingerprint density at radius 1 is 1.56 bits per heavy atom. The zero-order chi connectivity index (χ0) is 5.11. The van der Waals surface area contributed by atoms with E-state index in [1.54, 1.807) is 6.07 Å². The van der Waals surface area contributed by atoms with E-state index in [0.717, 1.165) is 4.88 Å². The number of nitriles is 1. The van der Waals surface area contributed by atoms with Crippen molar-refractivity contribution in [1.82, 2.24) is 0 Å². The first-order valence-corrected chi connectivity index (χ1v) is 2.75. The van der Waals surface area contributed by atoms with Crippen LogP contribution < -0.4 is 0 Å². The number of hydrogen-bond donors (Lipinski definition) is 0. The summed E-state index contributed by atoms with van der Waals surface area (Å²) in [6, 6.07) is 5.69. The third-order valence-corrected chi connectivity index (χ3v) is 1.41. The van der Waals surface area contributed by atoms with E-state index in [9.17, 15) is 0 Å². The zero-order valence-electron chi connectivity index (χ0n) is 3.89. The van der Waals surface area contributed by atoms with Gasteiger partial charge in [-0.25, -0.2) is 0 Å². The Balaban J connectivity index is 0. The molecular formula is C5H4CuLiNS. The predicted octanol–water partition coefficient (Wildman–Crippen LogP) is 0.969. The first kappa shape index (κ1) is 12.0. The Labute approximate surface area is 80.7 Å². The van der Waals surface area contributed by atoms with Crippen molar-refractivity contribution < 1.29 is 17.1 Å². The fourth-order valence-corrected chi connectivity index (χ4v) is 0.856. The van der Waals surface area contributed by atoms with E-state index in [1.807, 2.05) is 17.5 Å². The molecule has 0 aliphatic carbocycles. The molecule has 0 N–H and O–H groups in total. The molecule has 1 radical (unpaired) electrons. The van der Waals surface area contributed by atoms with Gasteiger partial charge in [-0.1, -0.05) is 6.07 Å². The number of thiophene rings is 1. The minimum absolute atomic E-state index is 0. The molecule has 0 saturated heterocycles. The van der Waals surface area contributed by atoms with Gasteiger partial charge >= 0.3 is 18.9 Å². The molecule has 0 saturated carbocycles. The third kappa shape index (κ3) is 3.81. The molecule has 0 amide bonds.